The summed E-state index contributed by atoms with van der Waals surface area (Å²) >= 11 is 0. The van der Waals surface area contributed by atoms with Gasteiger partial charge in [-0.15, -0.1) is 13.2 Å². The lowest BCUT2D eigenvalue weighted by Crippen LogP contribution is -2.20. The van der Waals surface area contributed by atoms with Gasteiger partial charge in [0.25, 0.3) is 0 Å². The molecule has 1 aromatic heterocycles. The largest absolute Gasteiger partial charge is 0.573 e. The molecule has 9 heteroatoms. The molecular formula is C11H13F3N2O4. The maximum absolute atomic E-state index is 12.3. The van der Waals surface area contributed by atoms with E-state index < -0.39 is 18.1 Å². The van der Waals surface area contributed by atoms with Crippen LogP contribution in [0.5, 0.6) is 11.6 Å². The molecule has 0 fully saturated rings. The number of carbonyl (C=O) groups excluding carboxylic acids is 1. The van der Waals surface area contributed by atoms with Crippen molar-refractivity contribution in [3.63, 3.8) is 0 Å². The number of pyridine rings is 1. The van der Waals surface area contributed by atoms with Crippen LogP contribution in [0.25, 0.3) is 0 Å². The molecule has 2 N–H and O–H groups in total. The first-order chi connectivity index (χ1) is 9.32. The van der Waals surface area contributed by atoms with Gasteiger partial charge >= 0.3 is 12.3 Å². The minimum absolute atomic E-state index is 0.00891. The minimum Gasteiger partial charge on any atom is -0.481 e. The van der Waals surface area contributed by atoms with Crippen molar-refractivity contribution in [2.75, 3.05) is 14.2 Å². The number of esters is 1. The summed E-state index contributed by atoms with van der Waals surface area (Å²) in [6.45, 7) is -0.281. The van der Waals surface area contributed by atoms with Gasteiger partial charge in [0, 0.05) is 17.7 Å². The Morgan fingerprint density at radius 1 is 1.35 bits per heavy atom. The number of alkyl halides is 3. The van der Waals surface area contributed by atoms with Crippen LogP contribution in [0.3, 0.4) is 0 Å². The summed E-state index contributed by atoms with van der Waals surface area (Å²) in [5.74, 6) is -1.24. The number of carbonyl (C=O) groups is 1. The number of ether oxygens (including phenoxy) is 3. The van der Waals surface area contributed by atoms with Crippen LogP contribution in [0.2, 0.25) is 0 Å². The van der Waals surface area contributed by atoms with Crippen molar-refractivity contribution < 1.29 is 32.2 Å². The molecule has 0 aliphatic carbocycles. The normalized spacial score (nSPS) is 11.1. The van der Waals surface area contributed by atoms with Gasteiger partial charge in [-0.05, 0) is 0 Å². The number of halogens is 3. The topological polar surface area (TPSA) is 83.7 Å². The molecule has 0 saturated carbocycles. The first-order valence-corrected chi connectivity index (χ1v) is 5.39. The Kier molecular flexibility index (Phi) is 5.14. The highest BCUT2D eigenvalue weighted by atomic mass is 19.4. The first-order valence-electron chi connectivity index (χ1n) is 5.39. The number of hydrogen-bond acceptors (Lipinski definition) is 6. The first kappa shape index (κ1) is 16.0. The summed E-state index contributed by atoms with van der Waals surface area (Å²) < 4.78 is 50.1. The monoisotopic (exact) mass is 294 g/mol. The van der Waals surface area contributed by atoms with Crippen LogP contribution in [-0.2, 0) is 22.5 Å². The van der Waals surface area contributed by atoms with Crippen LogP contribution in [-0.4, -0.2) is 31.5 Å². The Balaban J connectivity index is 3.28. The van der Waals surface area contributed by atoms with Crippen molar-refractivity contribution in [1.29, 1.82) is 0 Å². The molecule has 0 bridgehead atoms. The Hall–Kier alpha value is -2.03. The molecule has 0 amide bonds. The van der Waals surface area contributed by atoms with Crippen molar-refractivity contribution >= 4 is 5.97 Å². The number of rotatable bonds is 5. The average molecular weight is 294 g/mol. The summed E-state index contributed by atoms with van der Waals surface area (Å²) in [7, 11) is 2.42. The van der Waals surface area contributed by atoms with E-state index in [1.54, 1.807) is 0 Å². The molecule has 0 aromatic carbocycles. The van der Waals surface area contributed by atoms with E-state index in [1.165, 1.54) is 7.11 Å². The molecule has 1 heterocycles. The van der Waals surface area contributed by atoms with Crippen LogP contribution in [0.1, 0.15) is 11.1 Å². The second-order valence-electron chi connectivity index (χ2n) is 3.59. The molecule has 0 radical (unpaired) electrons. The van der Waals surface area contributed by atoms with Crippen LogP contribution < -0.4 is 15.2 Å². The van der Waals surface area contributed by atoms with Gasteiger partial charge < -0.3 is 19.9 Å². The summed E-state index contributed by atoms with van der Waals surface area (Å²) in [6, 6.07) is 0. The third-order valence-electron chi connectivity index (χ3n) is 2.39. The van der Waals surface area contributed by atoms with Gasteiger partial charge in [-0.1, -0.05) is 0 Å². The lowest BCUT2D eigenvalue weighted by molar-refractivity contribution is -0.275. The lowest BCUT2D eigenvalue weighted by atomic mass is 10.1. The molecule has 0 atom stereocenters. The van der Waals surface area contributed by atoms with Crippen LogP contribution in [0, 0.1) is 0 Å². The predicted octanol–water partition coefficient (Wildman–Crippen LogP) is 1.16. The van der Waals surface area contributed by atoms with Gasteiger partial charge in [0.05, 0.1) is 26.8 Å². The molecule has 0 saturated heterocycles. The smallest absolute Gasteiger partial charge is 0.481 e. The molecule has 1 rings (SSSR count). The third kappa shape index (κ3) is 3.98. The van der Waals surface area contributed by atoms with E-state index >= 15 is 0 Å². The molecule has 0 aliphatic heterocycles. The second kappa shape index (κ2) is 6.42. The zero-order valence-electron chi connectivity index (χ0n) is 10.8. The molecule has 112 valence electrons. The molecular weight excluding hydrogens is 281 g/mol. The van der Waals surface area contributed by atoms with E-state index in [0.29, 0.717) is 0 Å². The minimum atomic E-state index is -4.89. The van der Waals surface area contributed by atoms with Crippen LogP contribution in [0.15, 0.2) is 6.20 Å². The highest BCUT2D eigenvalue weighted by Gasteiger charge is 2.33. The molecule has 0 unspecified atom stereocenters. The van der Waals surface area contributed by atoms with Gasteiger partial charge in [0.1, 0.15) is 0 Å². The standard InChI is InChI=1S/C11H13F3N2O4/c1-18-9(17)3-6-7(4-15)8(20-11(12,13)14)5-16-10(6)19-2/h5H,3-4,15H2,1-2H3. The number of nitrogens with zero attached hydrogens (tertiary/aromatic N) is 1. The number of hydrogen-bond donors (Lipinski definition) is 1. The molecule has 1 aromatic rings. The number of nitrogens with two attached hydrogens (primary N) is 1. The van der Waals surface area contributed by atoms with E-state index in [0.717, 1.165) is 13.3 Å². The Morgan fingerprint density at radius 3 is 2.45 bits per heavy atom. The fraction of sp³-hybridized carbons (Fsp3) is 0.455. The van der Waals surface area contributed by atoms with Gasteiger partial charge in [-0.2, -0.15) is 0 Å². The van der Waals surface area contributed by atoms with E-state index in [2.05, 4.69) is 14.5 Å². The van der Waals surface area contributed by atoms with Gasteiger partial charge in [-0.25, -0.2) is 4.98 Å². The Bertz CT molecular complexity index is 491. The van der Waals surface area contributed by atoms with Crippen molar-refractivity contribution in [3.05, 3.63) is 17.3 Å². The third-order valence-corrected chi connectivity index (χ3v) is 2.39. The summed E-state index contributed by atoms with van der Waals surface area (Å²) in [5, 5.41) is 0. The average Bonchev–Trinajstić information content (AvgIpc) is 2.37. The Labute approximate surface area is 112 Å². The van der Waals surface area contributed by atoms with Crippen LogP contribution in [0.4, 0.5) is 13.2 Å². The number of aromatic nitrogens is 1. The molecule has 20 heavy (non-hydrogen) atoms. The second-order valence-corrected chi connectivity index (χ2v) is 3.59. The SMILES string of the molecule is COC(=O)Cc1c(OC)ncc(OC(F)(F)F)c1CN. The van der Waals surface area contributed by atoms with E-state index in [1.807, 2.05) is 0 Å². The summed E-state index contributed by atoms with van der Waals surface area (Å²) in [6.07, 6.45) is -4.37. The van der Waals surface area contributed by atoms with Crippen molar-refractivity contribution in [3.8, 4) is 11.6 Å². The van der Waals surface area contributed by atoms with Gasteiger partial charge in [-0.3, -0.25) is 4.79 Å². The van der Waals surface area contributed by atoms with E-state index in [-0.39, 0.29) is 30.0 Å². The summed E-state index contributed by atoms with van der Waals surface area (Å²) in [5.41, 5.74) is 5.51. The maximum Gasteiger partial charge on any atom is 0.573 e. The van der Waals surface area contributed by atoms with E-state index in [9.17, 15) is 18.0 Å². The fourth-order valence-corrected chi connectivity index (χ4v) is 1.56. The Morgan fingerprint density at radius 2 is 2.00 bits per heavy atom. The number of methoxy groups -OCH3 is 2. The lowest BCUT2D eigenvalue weighted by Gasteiger charge is -2.16. The summed E-state index contributed by atoms with van der Waals surface area (Å²) in [4.78, 5) is 15.0. The molecule has 0 spiro atoms. The van der Waals surface area contributed by atoms with Crippen molar-refractivity contribution in [2.45, 2.75) is 19.3 Å². The fourth-order valence-electron chi connectivity index (χ4n) is 1.56. The van der Waals surface area contributed by atoms with E-state index in [4.69, 9.17) is 10.5 Å². The highest BCUT2D eigenvalue weighted by molar-refractivity contribution is 5.74. The van der Waals surface area contributed by atoms with Crippen molar-refractivity contribution in [2.24, 2.45) is 5.73 Å². The zero-order valence-corrected chi connectivity index (χ0v) is 10.8. The predicted molar refractivity (Wildman–Crippen MR) is 61.1 cm³/mol. The van der Waals surface area contributed by atoms with Gasteiger partial charge in [0.15, 0.2) is 5.75 Å². The molecule has 0 aliphatic rings. The zero-order chi connectivity index (χ0) is 15.3. The quantitative estimate of drug-likeness (QED) is 0.820. The highest BCUT2D eigenvalue weighted by Crippen LogP contribution is 2.32. The van der Waals surface area contributed by atoms with Crippen molar-refractivity contribution in [1.82, 2.24) is 4.98 Å². The maximum atomic E-state index is 12.3. The molecule has 6 nitrogen and oxygen atoms in total. The van der Waals surface area contributed by atoms with Crippen LogP contribution >= 0.6 is 0 Å². The van der Waals surface area contributed by atoms with Gasteiger partial charge in [0.2, 0.25) is 5.88 Å².